The second-order valence-corrected chi connectivity index (χ2v) is 2.25. The summed E-state index contributed by atoms with van der Waals surface area (Å²) in [5.74, 6) is -1.67. The molecule has 0 fully saturated rings. The van der Waals surface area contributed by atoms with Crippen molar-refractivity contribution in [3.8, 4) is 0 Å². The van der Waals surface area contributed by atoms with Crippen LogP contribution in [-0.2, 0) is 4.79 Å². The third-order valence-electron chi connectivity index (χ3n) is 1.38. The molecule has 0 saturated heterocycles. The van der Waals surface area contributed by atoms with E-state index in [0.29, 0.717) is 6.54 Å². The predicted octanol–water partition coefficient (Wildman–Crippen LogP) is -0.713. The van der Waals surface area contributed by atoms with Gasteiger partial charge in [0.05, 0.1) is 12.0 Å². The van der Waals surface area contributed by atoms with Crippen LogP contribution in [0, 0.1) is 5.92 Å². The molecule has 3 N–H and O–H groups in total. The number of carbonyl (C=O) groups is 1. The highest BCUT2D eigenvalue weighted by Gasteiger charge is 2.19. The summed E-state index contributed by atoms with van der Waals surface area (Å²) < 4.78 is 0. The van der Waals surface area contributed by atoms with Gasteiger partial charge in [0.1, 0.15) is 0 Å². The minimum atomic E-state index is -0.970. The highest BCUT2D eigenvalue weighted by atomic mass is 16.4. The molecule has 60 valence electrons. The Hall–Kier alpha value is -0.610. The van der Waals surface area contributed by atoms with Gasteiger partial charge in [-0.3, -0.25) is 4.79 Å². The number of aliphatic hydroxyl groups is 1. The van der Waals surface area contributed by atoms with Gasteiger partial charge in [-0.15, -0.1) is 0 Å². The number of hydrogen-bond donors (Lipinski definition) is 3. The second-order valence-electron chi connectivity index (χ2n) is 2.25. The first kappa shape index (κ1) is 9.39. The lowest BCUT2D eigenvalue weighted by Gasteiger charge is -2.13. The maximum absolute atomic E-state index is 10.2. The van der Waals surface area contributed by atoms with E-state index >= 15 is 0 Å². The summed E-state index contributed by atoms with van der Waals surface area (Å²) in [6.45, 7) is 1.79. The number of likely N-dealkylation sites (N-methyl/N-ethyl adjacent to an activating group) is 1. The molecular formula is C6H13NO3. The zero-order valence-corrected chi connectivity index (χ0v) is 6.16. The highest BCUT2D eigenvalue weighted by molar-refractivity contribution is 5.70. The molecule has 0 aromatic rings. The first-order chi connectivity index (χ1) is 4.59. The molecule has 2 unspecified atom stereocenters. The summed E-state index contributed by atoms with van der Waals surface area (Å²) in [7, 11) is 1.66. The van der Waals surface area contributed by atoms with E-state index in [-0.39, 0.29) is 0 Å². The van der Waals surface area contributed by atoms with Crippen LogP contribution < -0.4 is 5.32 Å². The van der Waals surface area contributed by atoms with E-state index in [2.05, 4.69) is 5.32 Å². The van der Waals surface area contributed by atoms with Crippen LogP contribution in [0.5, 0.6) is 0 Å². The lowest BCUT2D eigenvalue weighted by atomic mass is 10.1. The average Bonchev–Trinajstić information content (AvgIpc) is 1.87. The number of hydrogen-bond acceptors (Lipinski definition) is 3. The summed E-state index contributed by atoms with van der Waals surface area (Å²) in [5, 5.41) is 20.1. The fourth-order valence-electron chi connectivity index (χ4n) is 0.550. The van der Waals surface area contributed by atoms with Crippen molar-refractivity contribution in [2.24, 2.45) is 5.92 Å². The normalized spacial score (nSPS) is 16.3. The number of carboxylic acid groups (broad SMARTS) is 1. The minimum absolute atomic E-state index is 0.313. The van der Waals surface area contributed by atoms with Gasteiger partial charge in [-0.05, 0) is 14.0 Å². The molecule has 0 aliphatic heterocycles. The van der Waals surface area contributed by atoms with E-state index in [0.717, 1.165) is 0 Å². The molecule has 4 nitrogen and oxygen atoms in total. The molecule has 0 aromatic heterocycles. The van der Waals surface area contributed by atoms with Gasteiger partial charge in [0.2, 0.25) is 0 Å². The van der Waals surface area contributed by atoms with Gasteiger partial charge in [-0.1, -0.05) is 0 Å². The fraction of sp³-hybridized carbons (Fsp3) is 0.833. The summed E-state index contributed by atoms with van der Waals surface area (Å²) in [6, 6.07) is 0. The zero-order chi connectivity index (χ0) is 8.15. The monoisotopic (exact) mass is 147 g/mol. The van der Waals surface area contributed by atoms with E-state index in [1.165, 1.54) is 6.92 Å². The van der Waals surface area contributed by atoms with E-state index < -0.39 is 18.0 Å². The van der Waals surface area contributed by atoms with Crippen LogP contribution in [0.4, 0.5) is 0 Å². The molecule has 0 aliphatic rings. The van der Waals surface area contributed by atoms with Crippen molar-refractivity contribution in [3.63, 3.8) is 0 Å². The highest BCUT2D eigenvalue weighted by Crippen LogP contribution is 2.00. The lowest BCUT2D eigenvalue weighted by Crippen LogP contribution is -2.33. The number of nitrogens with one attached hydrogen (secondary N) is 1. The van der Waals surface area contributed by atoms with Gasteiger partial charge in [-0.2, -0.15) is 0 Å². The summed E-state index contributed by atoms with van der Waals surface area (Å²) in [5.41, 5.74) is 0. The lowest BCUT2D eigenvalue weighted by molar-refractivity contribution is -0.144. The van der Waals surface area contributed by atoms with Gasteiger partial charge >= 0.3 is 5.97 Å². The van der Waals surface area contributed by atoms with Crippen molar-refractivity contribution in [2.75, 3.05) is 13.6 Å². The number of carboxylic acids is 1. The van der Waals surface area contributed by atoms with Gasteiger partial charge in [0.15, 0.2) is 0 Å². The standard InChI is InChI=1S/C6H13NO3/c1-4(6(9)10)5(8)3-7-2/h4-5,7-8H,3H2,1-2H3,(H,9,10). The van der Waals surface area contributed by atoms with Crippen LogP contribution in [0.2, 0.25) is 0 Å². The third kappa shape index (κ3) is 2.80. The van der Waals surface area contributed by atoms with Crippen molar-refractivity contribution in [1.29, 1.82) is 0 Å². The van der Waals surface area contributed by atoms with E-state index in [4.69, 9.17) is 10.2 Å². The maximum atomic E-state index is 10.2. The van der Waals surface area contributed by atoms with Crippen molar-refractivity contribution in [2.45, 2.75) is 13.0 Å². The van der Waals surface area contributed by atoms with Crippen molar-refractivity contribution in [3.05, 3.63) is 0 Å². The molecule has 0 aromatic carbocycles. The Balaban J connectivity index is 3.69. The average molecular weight is 147 g/mol. The summed E-state index contributed by atoms with van der Waals surface area (Å²) in [6.07, 6.45) is -0.803. The van der Waals surface area contributed by atoms with E-state index in [9.17, 15) is 4.79 Å². The quantitative estimate of drug-likeness (QED) is 0.491. The van der Waals surface area contributed by atoms with Crippen LogP contribution in [0.1, 0.15) is 6.92 Å². The van der Waals surface area contributed by atoms with Crippen LogP contribution in [0.3, 0.4) is 0 Å². The van der Waals surface area contributed by atoms with E-state index in [1.807, 2.05) is 0 Å². The molecule has 0 saturated carbocycles. The topological polar surface area (TPSA) is 69.6 Å². The van der Waals surface area contributed by atoms with Crippen molar-refractivity contribution in [1.82, 2.24) is 5.32 Å². The van der Waals surface area contributed by atoms with Crippen LogP contribution in [0.15, 0.2) is 0 Å². The minimum Gasteiger partial charge on any atom is -0.481 e. The molecular weight excluding hydrogens is 134 g/mol. The SMILES string of the molecule is CNCC(O)C(C)C(=O)O. The Kier molecular flexibility index (Phi) is 3.99. The molecule has 2 atom stereocenters. The third-order valence-corrected chi connectivity index (χ3v) is 1.38. The second kappa shape index (κ2) is 4.24. The summed E-state index contributed by atoms with van der Waals surface area (Å²) in [4.78, 5) is 10.2. The maximum Gasteiger partial charge on any atom is 0.308 e. The summed E-state index contributed by atoms with van der Waals surface area (Å²) >= 11 is 0. The van der Waals surface area contributed by atoms with Gasteiger partial charge in [-0.25, -0.2) is 0 Å². The largest absolute Gasteiger partial charge is 0.481 e. The fourth-order valence-corrected chi connectivity index (χ4v) is 0.550. The molecule has 10 heavy (non-hydrogen) atoms. The first-order valence-corrected chi connectivity index (χ1v) is 3.15. The molecule has 0 amide bonds. The van der Waals surface area contributed by atoms with Crippen LogP contribution in [0.25, 0.3) is 0 Å². The number of rotatable bonds is 4. The predicted molar refractivity (Wildman–Crippen MR) is 36.7 cm³/mol. The molecule has 0 radical (unpaired) electrons. The molecule has 0 spiro atoms. The molecule has 0 aliphatic carbocycles. The Labute approximate surface area is 59.9 Å². The zero-order valence-electron chi connectivity index (χ0n) is 6.16. The molecule has 0 heterocycles. The molecule has 0 rings (SSSR count). The van der Waals surface area contributed by atoms with Crippen molar-refractivity contribution < 1.29 is 15.0 Å². The Bertz CT molecular complexity index is 116. The first-order valence-electron chi connectivity index (χ1n) is 3.15. The number of aliphatic hydroxyl groups excluding tert-OH is 1. The van der Waals surface area contributed by atoms with Crippen LogP contribution in [-0.4, -0.2) is 35.9 Å². The Morgan fingerprint density at radius 3 is 2.50 bits per heavy atom. The Morgan fingerprint density at radius 1 is 1.70 bits per heavy atom. The van der Waals surface area contributed by atoms with Crippen molar-refractivity contribution >= 4 is 5.97 Å². The van der Waals surface area contributed by atoms with Crippen LogP contribution >= 0.6 is 0 Å². The number of aliphatic carboxylic acids is 1. The van der Waals surface area contributed by atoms with Gasteiger partial charge < -0.3 is 15.5 Å². The smallest absolute Gasteiger partial charge is 0.308 e. The van der Waals surface area contributed by atoms with Gasteiger partial charge in [0.25, 0.3) is 0 Å². The Morgan fingerprint density at radius 2 is 2.20 bits per heavy atom. The molecule has 0 bridgehead atoms. The van der Waals surface area contributed by atoms with Gasteiger partial charge in [0, 0.05) is 6.54 Å². The van der Waals surface area contributed by atoms with E-state index in [1.54, 1.807) is 7.05 Å². The molecule has 4 heteroatoms.